The minimum Gasteiger partial charge on any atom is -0.379 e. The minimum atomic E-state index is 0.570. The Hall–Kier alpha value is -2.09. The summed E-state index contributed by atoms with van der Waals surface area (Å²) in [5, 5.41) is 3.97. The van der Waals surface area contributed by atoms with E-state index in [0.717, 1.165) is 43.5 Å². The zero-order chi connectivity index (χ0) is 15.5. The Bertz CT molecular complexity index is 786. The fourth-order valence-corrected chi connectivity index (χ4v) is 3.52. The van der Waals surface area contributed by atoms with Crippen molar-refractivity contribution in [1.82, 2.24) is 19.9 Å². The van der Waals surface area contributed by atoms with Crippen LogP contribution >= 0.6 is 11.3 Å². The molecule has 118 valence electrons. The Balaban J connectivity index is 1.52. The molecule has 1 fully saturated rings. The van der Waals surface area contributed by atoms with E-state index < -0.39 is 0 Å². The molecule has 1 saturated heterocycles. The average molecular weight is 327 g/mol. The second kappa shape index (κ2) is 6.57. The highest BCUT2D eigenvalue weighted by molar-refractivity contribution is 7.22. The maximum Gasteiger partial charge on any atom is 0.228 e. The highest BCUT2D eigenvalue weighted by atomic mass is 32.1. The monoisotopic (exact) mass is 327 g/mol. The quantitative estimate of drug-likeness (QED) is 0.795. The third-order valence-corrected chi connectivity index (χ3v) is 4.68. The molecule has 4 rings (SSSR count). The predicted molar refractivity (Wildman–Crippen MR) is 91.0 cm³/mol. The predicted octanol–water partition coefficient (Wildman–Crippen LogP) is 2.66. The largest absolute Gasteiger partial charge is 0.379 e. The molecule has 0 atom stereocenters. The summed E-state index contributed by atoms with van der Waals surface area (Å²) in [6.45, 7) is 4.61. The van der Waals surface area contributed by atoms with Gasteiger partial charge < -0.3 is 10.1 Å². The van der Waals surface area contributed by atoms with E-state index in [1.807, 2.05) is 0 Å². The van der Waals surface area contributed by atoms with E-state index in [0.29, 0.717) is 5.95 Å². The van der Waals surface area contributed by atoms with E-state index in [2.05, 4.69) is 43.4 Å². The number of nitrogens with one attached hydrogen (secondary N) is 1. The lowest BCUT2D eigenvalue weighted by Gasteiger charge is -2.26. The van der Waals surface area contributed by atoms with E-state index in [1.54, 1.807) is 29.8 Å². The van der Waals surface area contributed by atoms with Crippen molar-refractivity contribution >= 4 is 32.6 Å². The number of thiazole rings is 1. The van der Waals surface area contributed by atoms with E-state index in [9.17, 15) is 0 Å². The van der Waals surface area contributed by atoms with Gasteiger partial charge in [0, 0.05) is 32.0 Å². The first kappa shape index (κ1) is 14.5. The van der Waals surface area contributed by atoms with Crippen LogP contribution < -0.4 is 5.32 Å². The first-order chi connectivity index (χ1) is 11.4. The Kier molecular flexibility index (Phi) is 4.14. The first-order valence-electron chi connectivity index (χ1n) is 7.60. The van der Waals surface area contributed by atoms with Crippen LogP contribution in [-0.2, 0) is 11.3 Å². The maximum atomic E-state index is 5.40. The molecule has 0 amide bonds. The molecule has 1 aliphatic rings. The fraction of sp³-hybridized carbons (Fsp3) is 0.312. The van der Waals surface area contributed by atoms with Gasteiger partial charge in [-0.1, -0.05) is 17.4 Å². The van der Waals surface area contributed by atoms with E-state index >= 15 is 0 Å². The molecule has 1 N–H and O–H groups in total. The number of benzene rings is 1. The minimum absolute atomic E-state index is 0.570. The maximum absolute atomic E-state index is 5.40. The van der Waals surface area contributed by atoms with Crippen molar-refractivity contribution in [3.8, 4) is 0 Å². The van der Waals surface area contributed by atoms with Gasteiger partial charge in [-0.2, -0.15) is 0 Å². The molecule has 23 heavy (non-hydrogen) atoms. The summed E-state index contributed by atoms with van der Waals surface area (Å²) < 4.78 is 6.57. The van der Waals surface area contributed by atoms with E-state index in [4.69, 9.17) is 4.74 Å². The molecule has 6 nitrogen and oxygen atoms in total. The van der Waals surface area contributed by atoms with Crippen molar-refractivity contribution in [2.75, 3.05) is 31.6 Å². The van der Waals surface area contributed by atoms with E-state index in [1.165, 1.54) is 10.3 Å². The number of nitrogens with zero attached hydrogens (tertiary/aromatic N) is 4. The van der Waals surface area contributed by atoms with Gasteiger partial charge in [0.2, 0.25) is 5.95 Å². The van der Waals surface area contributed by atoms with Crippen molar-refractivity contribution in [3.63, 3.8) is 0 Å². The summed E-state index contributed by atoms with van der Waals surface area (Å²) in [4.78, 5) is 15.3. The molecule has 0 spiro atoms. The van der Waals surface area contributed by atoms with E-state index in [-0.39, 0.29) is 0 Å². The molecule has 3 heterocycles. The summed E-state index contributed by atoms with van der Waals surface area (Å²) in [6, 6.07) is 8.25. The van der Waals surface area contributed by atoms with Crippen LogP contribution in [0, 0.1) is 0 Å². The number of aromatic nitrogens is 3. The van der Waals surface area contributed by atoms with Gasteiger partial charge in [-0.3, -0.25) is 4.90 Å². The lowest BCUT2D eigenvalue weighted by Crippen LogP contribution is -2.35. The third-order valence-electron chi connectivity index (χ3n) is 3.75. The van der Waals surface area contributed by atoms with Crippen LogP contribution in [0.5, 0.6) is 0 Å². The Labute approximate surface area is 138 Å². The molecule has 0 unspecified atom stereocenters. The number of rotatable bonds is 4. The van der Waals surface area contributed by atoms with Crippen molar-refractivity contribution in [1.29, 1.82) is 0 Å². The Morgan fingerprint density at radius 2 is 2.00 bits per heavy atom. The van der Waals surface area contributed by atoms with Crippen LogP contribution in [0.1, 0.15) is 5.56 Å². The number of ether oxygens (including phenoxy) is 1. The number of fused-ring (bicyclic) bond motifs is 1. The standard InChI is InChI=1S/C16H17N5OS/c1-4-17-15(18-5-1)20-16-19-13-3-2-12(10-14(13)23-16)11-21-6-8-22-9-7-21/h1-5,10H,6-9,11H2,(H,17,18,19,20). The molecule has 0 radical (unpaired) electrons. The molecular formula is C16H17N5OS. The third kappa shape index (κ3) is 3.47. The second-order valence-electron chi connectivity index (χ2n) is 5.41. The van der Waals surface area contributed by atoms with Gasteiger partial charge in [-0.15, -0.1) is 0 Å². The van der Waals surface area contributed by atoms with Gasteiger partial charge in [-0.05, 0) is 23.8 Å². The van der Waals surface area contributed by atoms with Crippen molar-refractivity contribution < 1.29 is 4.74 Å². The van der Waals surface area contributed by atoms with Crippen molar-refractivity contribution in [2.24, 2.45) is 0 Å². The zero-order valence-electron chi connectivity index (χ0n) is 12.6. The number of anilines is 2. The molecule has 2 aromatic heterocycles. The van der Waals surface area contributed by atoms with Gasteiger partial charge in [0.25, 0.3) is 0 Å². The first-order valence-corrected chi connectivity index (χ1v) is 8.42. The number of hydrogen-bond donors (Lipinski definition) is 1. The smallest absolute Gasteiger partial charge is 0.228 e. The molecule has 1 aliphatic heterocycles. The van der Waals surface area contributed by atoms with Crippen LogP contribution in [0.4, 0.5) is 11.1 Å². The summed E-state index contributed by atoms with van der Waals surface area (Å²) in [5.74, 6) is 0.570. The summed E-state index contributed by atoms with van der Waals surface area (Å²) in [7, 11) is 0. The van der Waals surface area contributed by atoms with Crippen LogP contribution in [0.3, 0.4) is 0 Å². The molecule has 1 aromatic carbocycles. The molecule has 0 bridgehead atoms. The topological polar surface area (TPSA) is 63.2 Å². The lowest BCUT2D eigenvalue weighted by molar-refractivity contribution is 0.0342. The molecule has 0 saturated carbocycles. The van der Waals surface area contributed by atoms with Crippen molar-refractivity contribution in [2.45, 2.75) is 6.54 Å². The summed E-state index contributed by atoms with van der Waals surface area (Å²) in [6.07, 6.45) is 3.42. The highest BCUT2D eigenvalue weighted by Gasteiger charge is 2.12. The molecule has 0 aliphatic carbocycles. The van der Waals surface area contributed by atoms with Gasteiger partial charge in [0.1, 0.15) is 0 Å². The Morgan fingerprint density at radius 1 is 1.17 bits per heavy atom. The van der Waals surface area contributed by atoms with Crippen LogP contribution in [-0.4, -0.2) is 46.2 Å². The molecule has 7 heteroatoms. The summed E-state index contributed by atoms with van der Waals surface area (Å²) >= 11 is 1.62. The van der Waals surface area contributed by atoms with Gasteiger partial charge >= 0.3 is 0 Å². The van der Waals surface area contributed by atoms with Crippen molar-refractivity contribution in [3.05, 3.63) is 42.2 Å². The van der Waals surface area contributed by atoms with Gasteiger partial charge in [0.05, 0.1) is 23.4 Å². The van der Waals surface area contributed by atoms with Gasteiger partial charge in [-0.25, -0.2) is 15.0 Å². The SMILES string of the molecule is c1cnc(Nc2nc3ccc(CN4CCOCC4)cc3s2)nc1. The highest BCUT2D eigenvalue weighted by Crippen LogP contribution is 2.28. The van der Waals surface area contributed by atoms with Gasteiger partial charge in [0.15, 0.2) is 5.13 Å². The normalized spacial score (nSPS) is 15.8. The number of morpholine rings is 1. The second-order valence-corrected chi connectivity index (χ2v) is 6.44. The van der Waals surface area contributed by atoms with Crippen LogP contribution in [0.15, 0.2) is 36.7 Å². The Morgan fingerprint density at radius 3 is 2.83 bits per heavy atom. The fourth-order valence-electron chi connectivity index (χ4n) is 2.60. The lowest BCUT2D eigenvalue weighted by atomic mass is 10.2. The molecule has 3 aromatic rings. The zero-order valence-corrected chi connectivity index (χ0v) is 13.4. The number of hydrogen-bond acceptors (Lipinski definition) is 7. The molecular weight excluding hydrogens is 310 g/mol. The van der Waals surface area contributed by atoms with Crippen LogP contribution in [0.2, 0.25) is 0 Å². The summed E-state index contributed by atoms with van der Waals surface area (Å²) in [5.41, 5.74) is 2.31. The van der Waals surface area contributed by atoms with Crippen LogP contribution in [0.25, 0.3) is 10.2 Å². The average Bonchev–Trinajstić information content (AvgIpc) is 2.98.